The molecule has 2 amide bonds. The van der Waals surface area contributed by atoms with Crippen LogP contribution in [0.5, 0.6) is 0 Å². The van der Waals surface area contributed by atoms with E-state index >= 15 is 0 Å². The molecule has 3 heteroatoms. The number of rotatable bonds is 1. The summed E-state index contributed by atoms with van der Waals surface area (Å²) in [4.78, 5) is 26.6. The second-order valence-corrected chi connectivity index (χ2v) is 6.23. The van der Waals surface area contributed by atoms with Crippen LogP contribution in [0.3, 0.4) is 0 Å². The van der Waals surface area contributed by atoms with Gasteiger partial charge in [-0.3, -0.25) is 14.5 Å². The zero-order valence-corrected chi connectivity index (χ0v) is 11.0. The van der Waals surface area contributed by atoms with Gasteiger partial charge in [0.05, 0.1) is 17.5 Å². The summed E-state index contributed by atoms with van der Waals surface area (Å²) in [6, 6.07) is 7.68. The summed E-state index contributed by atoms with van der Waals surface area (Å²) in [5.74, 6) is 0.973. The second kappa shape index (κ2) is 3.69. The molecule has 2 bridgehead atoms. The Balaban J connectivity index is 1.73. The average Bonchev–Trinajstić information content (AvgIpc) is 3.06. The quantitative estimate of drug-likeness (QED) is 0.723. The first-order valence-electron chi connectivity index (χ1n) is 7.11. The molecule has 1 aromatic carbocycles. The van der Waals surface area contributed by atoms with Crippen LogP contribution in [0, 0.1) is 30.6 Å². The first kappa shape index (κ1) is 11.2. The monoisotopic (exact) mass is 255 g/mol. The largest absolute Gasteiger partial charge is 0.274 e. The lowest BCUT2D eigenvalue weighted by Gasteiger charge is -2.19. The van der Waals surface area contributed by atoms with Crippen molar-refractivity contribution in [2.24, 2.45) is 23.7 Å². The van der Waals surface area contributed by atoms with Gasteiger partial charge in [0.2, 0.25) is 11.8 Å². The third-order valence-corrected chi connectivity index (χ3v) is 5.22. The van der Waals surface area contributed by atoms with Gasteiger partial charge in [0, 0.05) is 0 Å². The Morgan fingerprint density at radius 1 is 0.947 bits per heavy atom. The van der Waals surface area contributed by atoms with Crippen molar-refractivity contribution in [1.29, 1.82) is 0 Å². The van der Waals surface area contributed by atoms with E-state index in [0.29, 0.717) is 11.8 Å². The van der Waals surface area contributed by atoms with Gasteiger partial charge in [-0.15, -0.1) is 0 Å². The normalized spacial score (nSPS) is 36.2. The molecule has 0 unspecified atom stereocenters. The zero-order chi connectivity index (χ0) is 13.1. The van der Waals surface area contributed by atoms with Crippen LogP contribution < -0.4 is 4.90 Å². The van der Waals surface area contributed by atoms with E-state index in [1.54, 1.807) is 0 Å². The Labute approximate surface area is 112 Å². The number of imide groups is 1. The molecule has 1 aromatic rings. The molecule has 4 atom stereocenters. The van der Waals surface area contributed by atoms with E-state index in [-0.39, 0.29) is 23.7 Å². The molecule has 4 rings (SSSR count). The maximum absolute atomic E-state index is 12.6. The summed E-state index contributed by atoms with van der Waals surface area (Å²) in [5.41, 5.74) is 1.89. The zero-order valence-electron chi connectivity index (χ0n) is 11.0. The van der Waals surface area contributed by atoms with Crippen LogP contribution in [0.2, 0.25) is 0 Å². The smallest absolute Gasteiger partial charge is 0.237 e. The summed E-state index contributed by atoms with van der Waals surface area (Å²) in [6.07, 6.45) is 3.35. The standard InChI is InChI=1S/C16H17NO2/c1-9-2-6-12(7-3-9)17-15(18)13-10-4-5-11(8-10)14(13)16(17)19/h2-3,6-7,10-11,13-14H,4-5,8H2,1H3/t10-,11-,13-,14+/m1/s1. The van der Waals surface area contributed by atoms with E-state index in [2.05, 4.69) is 0 Å². The third-order valence-electron chi connectivity index (χ3n) is 5.22. The van der Waals surface area contributed by atoms with Crippen molar-refractivity contribution in [3.63, 3.8) is 0 Å². The Morgan fingerprint density at radius 2 is 1.47 bits per heavy atom. The fourth-order valence-electron chi connectivity index (χ4n) is 4.36. The molecule has 0 N–H and O–H groups in total. The van der Waals surface area contributed by atoms with Gasteiger partial charge in [-0.05, 0) is 50.2 Å². The maximum Gasteiger partial charge on any atom is 0.237 e. The van der Waals surface area contributed by atoms with Crippen LogP contribution in [-0.4, -0.2) is 11.8 Å². The van der Waals surface area contributed by atoms with Crippen molar-refractivity contribution < 1.29 is 9.59 Å². The van der Waals surface area contributed by atoms with Crippen LogP contribution in [0.4, 0.5) is 5.69 Å². The van der Waals surface area contributed by atoms with Crippen LogP contribution in [0.1, 0.15) is 24.8 Å². The second-order valence-electron chi connectivity index (χ2n) is 6.23. The highest BCUT2D eigenvalue weighted by atomic mass is 16.2. The number of hydrogen-bond donors (Lipinski definition) is 0. The molecule has 0 aromatic heterocycles. The minimum Gasteiger partial charge on any atom is -0.274 e. The van der Waals surface area contributed by atoms with Gasteiger partial charge in [-0.25, -0.2) is 0 Å². The van der Waals surface area contributed by atoms with Gasteiger partial charge in [-0.1, -0.05) is 17.7 Å². The number of hydrogen-bond acceptors (Lipinski definition) is 2. The summed E-state index contributed by atoms with van der Waals surface area (Å²) in [7, 11) is 0. The van der Waals surface area contributed by atoms with E-state index in [0.717, 1.165) is 30.5 Å². The van der Waals surface area contributed by atoms with Crippen LogP contribution in [0.15, 0.2) is 24.3 Å². The molecule has 1 heterocycles. The number of benzene rings is 1. The highest BCUT2D eigenvalue weighted by Gasteiger charge is 2.61. The van der Waals surface area contributed by atoms with E-state index in [4.69, 9.17) is 0 Å². The van der Waals surface area contributed by atoms with E-state index in [1.807, 2.05) is 31.2 Å². The average molecular weight is 255 g/mol. The van der Waals surface area contributed by atoms with Gasteiger partial charge < -0.3 is 0 Å². The number of anilines is 1. The first-order chi connectivity index (χ1) is 9.16. The molecule has 2 saturated carbocycles. The van der Waals surface area contributed by atoms with E-state index < -0.39 is 0 Å². The predicted molar refractivity (Wildman–Crippen MR) is 71.5 cm³/mol. The van der Waals surface area contributed by atoms with Crippen molar-refractivity contribution in [2.45, 2.75) is 26.2 Å². The SMILES string of the molecule is Cc1ccc(N2C(=O)[C@@H]3[C@@H]4CC[C@H](C4)[C@@H]3C2=O)cc1. The molecule has 1 aliphatic heterocycles. The van der Waals surface area contributed by atoms with Gasteiger partial charge >= 0.3 is 0 Å². The minimum absolute atomic E-state index is 0.0208. The van der Waals surface area contributed by atoms with Crippen LogP contribution in [-0.2, 0) is 9.59 Å². The van der Waals surface area contributed by atoms with Gasteiger partial charge in [0.1, 0.15) is 0 Å². The molecule has 3 fully saturated rings. The topological polar surface area (TPSA) is 37.4 Å². The lowest BCUT2D eigenvalue weighted by molar-refractivity contribution is -0.123. The molecule has 0 radical (unpaired) electrons. The van der Waals surface area contributed by atoms with Crippen molar-refractivity contribution in [3.05, 3.63) is 29.8 Å². The summed E-state index contributed by atoms with van der Waals surface area (Å²) < 4.78 is 0. The number of fused-ring (bicyclic) bond motifs is 5. The molecule has 98 valence electrons. The molecule has 1 saturated heterocycles. The fraction of sp³-hybridized carbons (Fsp3) is 0.500. The lowest BCUT2D eigenvalue weighted by Crippen LogP contribution is -2.32. The van der Waals surface area contributed by atoms with Gasteiger partial charge in [-0.2, -0.15) is 0 Å². The molecule has 3 aliphatic rings. The number of carbonyl (C=O) groups is 2. The molecular weight excluding hydrogens is 238 g/mol. The van der Waals surface area contributed by atoms with Crippen LogP contribution in [0.25, 0.3) is 0 Å². The van der Waals surface area contributed by atoms with Crippen molar-refractivity contribution in [3.8, 4) is 0 Å². The van der Waals surface area contributed by atoms with Crippen molar-refractivity contribution in [1.82, 2.24) is 0 Å². The van der Waals surface area contributed by atoms with Gasteiger partial charge in [0.15, 0.2) is 0 Å². The Kier molecular flexibility index (Phi) is 2.17. The van der Waals surface area contributed by atoms with E-state index in [1.165, 1.54) is 4.90 Å². The van der Waals surface area contributed by atoms with E-state index in [9.17, 15) is 9.59 Å². The Bertz CT molecular complexity index is 535. The third kappa shape index (κ3) is 1.38. The highest BCUT2D eigenvalue weighted by Crippen LogP contribution is 2.56. The van der Waals surface area contributed by atoms with Crippen molar-refractivity contribution >= 4 is 17.5 Å². The molecule has 0 spiro atoms. The minimum atomic E-state index is -0.0208. The lowest BCUT2D eigenvalue weighted by atomic mass is 9.81. The molecule has 3 nitrogen and oxygen atoms in total. The molecule has 2 aliphatic carbocycles. The van der Waals surface area contributed by atoms with Crippen molar-refractivity contribution in [2.75, 3.05) is 4.90 Å². The highest BCUT2D eigenvalue weighted by molar-refractivity contribution is 6.22. The summed E-state index contributed by atoms with van der Waals surface area (Å²) in [6.45, 7) is 2.01. The van der Waals surface area contributed by atoms with Crippen LogP contribution >= 0.6 is 0 Å². The predicted octanol–water partition coefficient (Wildman–Crippen LogP) is 2.53. The maximum atomic E-state index is 12.6. The number of amides is 2. The number of nitrogens with zero attached hydrogens (tertiary/aromatic N) is 1. The number of carbonyl (C=O) groups excluding carboxylic acids is 2. The summed E-state index contributed by atoms with van der Waals surface area (Å²) in [5, 5.41) is 0. The first-order valence-corrected chi connectivity index (χ1v) is 7.11. The molecule has 19 heavy (non-hydrogen) atoms. The Hall–Kier alpha value is -1.64. The Morgan fingerprint density at radius 3 is 2.00 bits per heavy atom. The summed E-state index contributed by atoms with van der Waals surface area (Å²) >= 11 is 0. The fourth-order valence-corrected chi connectivity index (χ4v) is 4.36. The molecular formula is C16H17NO2. The van der Waals surface area contributed by atoms with Gasteiger partial charge in [0.25, 0.3) is 0 Å². The number of aryl methyl sites for hydroxylation is 1.